The molecule has 3 rings (SSSR count). The summed E-state index contributed by atoms with van der Waals surface area (Å²) in [6, 6.07) is 7.50. The molecular weight excluding hydrogens is 300 g/mol. The fourth-order valence-electron chi connectivity index (χ4n) is 2.79. The van der Waals surface area contributed by atoms with Gasteiger partial charge in [-0.1, -0.05) is 6.07 Å². The van der Waals surface area contributed by atoms with Crippen molar-refractivity contribution in [3.63, 3.8) is 0 Å². The van der Waals surface area contributed by atoms with Gasteiger partial charge in [-0.15, -0.1) is 11.3 Å². The van der Waals surface area contributed by atoms with Crippen molar-refractivity contribution in [2.24, 2.45) is 5.92 Å². The molecule has 0 amide bonds. The van der Waals surface area contributed by atoms with E-state index in [1.807, 2.05) is 23.6 Å². The number of ether oxygens (including phenoxy) is 1. The van der Waals surface area contributed by atoms with Crippen LogP contribution >= 0.6 is 11.3 Å². The van der Waals surface area contributed by atoms with Gasteiger partial charge in [0.05, 0.1) is 12.9 Å². The summed E-state index contributed by atoms with van der Waals surface area (Å²) < 4.78 is 10.5. The van der Waals surface area contributed by atoms with Gasteiger partial charge < -0.3 is 9.15 Å². The van der Waals surface area contributed by atoms with Crippen molar-refractivity contribution in [3.8, 4) is 0 Å². The zero-order valence-electron chi connectivity index (χ0n) is 12.2. The van der Waals surface area contributed by atoms with Gasteiger partial charge in [0.1, 0.15) is 11.7 Å². The summed E-state index contributed by atoms with van der Waals surface area (Å²) in [6.07, 6.45) is 3.72. The highest BCUT2D eigenvalue weighted by Crippen LogP contribution is 2.41. The zero-order valence-corrected chi connectivity index (χ0v) is 13.0. The first-order valence-electron chi connectivity index (χ1n) is 7.19. The van der Waals surface area contributed by atoms with Crippen LogP contribution in [0.1, 0.15) is 29.9 Å². The maximum Gasteiger partial charge on any atom is 0.317 e. The standard InChI is InChI=1S/C17H16O4S/c1-2-20-17(19)16-12(14-5-3-7-21-14)9-11(10-13(16)18)15-6-4-8-22-15/h3-8,10,12,16H,2,9H2,1H3/t12-,16+/m0/s1. The molecule has 0 saturated heterocycles. The second-order valence-corrected chi connectivity index (χ2v) is 6.05. The van der Waals surface area contributed by atoms with Crippen LogP contribution in [0.2, 0.25) is 0 Å². The Morgan fingerprint density at radius 1 is 1.41 bits per heavy atom. The van der Waals surface area contributed by atoms with Crippen molar-refractivity contribution in [1.82, 2.24) is 0 Å². The molecule has 0 aliphatic heterocycles. The highest BCUT2D eigenvalue weighted by atomic mass is 32.1. The number of allylic oxidation sites excluding steroid dienone is 2. The maximum absolute atomic E-state index is 12.5. The lowest BCUT2D eigenvalue weighted by Crippen LogP contribution is -2.33. The summed E-state index contributed by atoms with van der Waals surface area (Å²) in [7, 11) is 0. The van der Waals surface area contributed by atoms with Gasteiger partial charge >= 0.3 is 5.97 Å². The Kier molecular flexibility index (Phi) is 4.24. The molecule has 0 unspecified atom stereocenters. The lowest BCUT2D eigenvalue weighted by Gasteiger charge is -2.27. The molecule has 0 aromatic carbocycles. The lowest BCUT2D eigenvalue weighted by molar-refractivity contribution is -0.151. The number of thiophene rings is 1. The van der Waals surface area contributed by atoms with Crippen molar-refractivity contribution in [2.45, 2.75) is 19.3 Å². The zero-order chi connectivity index (χ0) is 15.5. The summed E-state index contributed by atoms with van der Waals surface area (Å²) in [5.41, 5.74) is 0.946. The van der Waals surface area contributed by atoms with Crippen LogP contribution in [0.4, 0.5) is 0 Å². The smallest absolute Gasteiger partial charge is 0.317 e. The molecule has 1 aliphatic rings. The Morgan fingerprint density at radius 2 is 2.27 bits per heavy atom. The maximum atomic E-state index is 12.5. The Morgan fingerprint density at radius 3 is 2.91 bits per heavy atom. The lowest BCUT2D eigenvalue weighted by atomic mass is 9.77. The molecule has 0 fully saturated rings. The molecule has 0 spiro atoms. The van der Waals surface area contributed by atoms with Crippen LogP contribution < -0.4 is 0 Å². The number of hydrogen-bond donors (Lipinski definition) is 0. The SMILES string of the molecule is CCOC(=O)[C@H]1C(=O)C=C(c2cccs2)C[C@H]1c1ccco1. The van der Waals surface area contributed by atoms with E-state index < -0.39 is 11.9 Å². The van der Waals surface area contributed by atoms with Crippen LogP contribution in [0.3, 0.4) is 0 Å². The van der Waals surface area contributed by atoms with E-state index in [0.717, 1.165) is 10.5 Å². The number of rotatable bonds is 4. The first kappa shape index (κ1) is 14.8. The summed E-state index contributed by atoms with van der Waals surface area (Å²) in [5, 5.41) is 1.97. The van der Waals surface area contributed by atoms with Crippen LogP contribution in [0, 0.1) is 5.92 Å². The van der Waals surface area contributed by atoms with E-state index in [-0.39, 0.29) is 18.3 Å². The molecule has 2 aromatic heterocycles. The van der Waals surface area contributed by atoms with Gasteiger partial charge in [-0.2, -0.15) is 0 Å². The molecule has 2 aromatic rings. The van der Waals surface area contributed by atoms with Gasteiger partial charge in [-0.3, -0.25) is 9.59 Å². The van der Waals surface area contributed by atoms with Crippen molar-refractivity contribution in [3.05, 3.63) is 52.6 Å². The first-order valence-corrected chi connectivity index (χ1v) is 8.07. The van der Waals surface area contributed by atoms with Gasteiger partial charge in [-0.25, -0.2) is 0 Å². The first-order chi connectivity index (χ1) is 10.7. The van der Waals surface area contributed by atoms with Crippen LogP contribution in [0.25, 0.3) is 5.57 Å². The summed E-state index contributed by atoms with van der Waals surface area (Å²) in [4.78, 5) is 25.8. The molecular formula is C17H16O4S. The molecule has 1 aliphatic carbocycles. The molecule has 22 heavy (non-hydrogen) atoms. The minimum atomic E-state index is -0.824. The largest absolute Gasteiger partial charge is 0.469 e. The molecule has 5 heteroatoms. The third kappa shape index (κ3) is 2.76. The molecule has 4 nitrogen and oxygen atoms in total. The minimum absolute atomic E-state index is 0.213. The van der Waals surface area contributed by atoms with Crippen molar-refractivity contribution < 1.29 is 18.7 Å². The Hall–Kier alpha value is -2.14. The Bertz CT molecular complexity index is 682. The van der Waals surface area contributed by atoms with Crippen molar-refractivity contribution in [1.29, 1.82) is 0 Å². The van der Waals surface area contributed by atoms with Crippen molar-refractivity contribution in [2.75, 3.05) is 6.61 Å². The van der Waals surface area contributed by atoms with E-state index in [9.17, 15) is 9.59 Å². The quantitative estimate of drug-likeness (QED) is 0.638. The fourth-order valence-corrected chi connectivity index (χ4v) is 3.54. The minimum Gasteiger partial charge on any atom is -0.469 e. The molecule has 114 valence electrons. The Labute approximate surface area is 132 Å². The van der Waals surface area contributed by atoms with Gasteiger partial charge in [0.2, 0.25) is 0 Å². The summed E-state index contributed by atoms with van der Waals surface area (Å²) in [6.45, 7) is 2.00. The number of furan rings is 1. The monoisotopic (exact) mass is 316 g/mol. The van der Waals surface area contributed by atoms with Gasteiger partial charge in [0.15, 0.2) is 5.78 Å². The number of ketones is 1. The molecule has 0 bridgehead atoms. The van der Waals surface area contributed by atoms with Gasteiger partial charge in [0.25, 0.3) is 0 Å². The molecule has 0 saturated carbocycles. The molecule has 2 atom stereocenters. The number of carbonyl (C=O) groups excluding carboxylic acids is 2. The summed E-state index contributed by atoms with van der Waals surface area (Å²) >= 11 is 1.58. The Balaban J connectivity index is 1.98. The molecule has 2 heterocycles. The third-order valence-electron chi connectivity index (χ3n) is 3.75. The third-order valence-corrected chi connectivity index (χ3v) is 4.70. The van der Waals surface area contributed by atoms with E-state index in [2.05, 4.69) is 0 Å². The van der Waals surface area contributed by atoms with Crippen LogP contribution in [-0.4, -0.2) is 18.4 Å². The second kappa shape index (κ2) is 6.32. The average molecular weight is 316 g/mol. The molecule has 0 N–H and O–H groups in total. The normalized spacial score (nSPS) is 21.5. The van der Waals surface area contributed by atoms with E-state index in [0.29, 0.717) is 12.2 Å². The van der Waals surface area contributed by atoms with Crippen molar-refractivity contribution >= 4 is 28.7 Å². The predicted octanol–water partition coefficient (Wildman–Crippen LogP) is 3.66. The number of esters is 1. The van der Waals surface area contributed by atoms with E-state index in [1.165, 1.54) is 0 Å². The van der Waals surface area contributed by atoms with Crippen LogP contribution in [-0.2, 0) is 14.3 Å². The second-order valence-electron chi connectivity index (χ2n) is 5.11. The van der Waals surface area contributed by atoms with E-state index in [1.54, 1.807) is 36.7 Å². The fraction of sp³-hybridized carbons (Fsp3) is 0.294. The molecule has 0 radical (unpaired) electrons. The van der Waals surface area contributed by atoms with Gasteiger partial charge in [-0.05, 0) is 48.6 Å². The summed E-state index contributed by atoms with van der Waals surface area (Å²) in [5.74, 6) is -1.18. The van der Waals surface area contributed by atoms with Crippen LogP contribution in [0.5, 0.6) is 0 Å². The van der Waals surface area contributed by atoms with E-state index >= 15 is 0 Å². The highest BCUT2D eigenvalue weighted by molar-refractivity contribution is 7.11. The number of hydrogen-bond acceptors (Lipinski definition) is 5. The number of carbonyl (C=O) groups is 2. The average Bonchev–Trinajstić information content (AvgIpc) is 3.20. The van der Waals surface area contributed by atoms with Crippen LogP contribution in [0.15, 0.2) is 46.4 Å². The predicted molar refractivity (Wildman–Crippen MR) is 83.5 cm³/mol. The van der Waals surface area contributed by atoms with Gasteiger partial charge in [0, 0.05) is 10.8 Å². The highest BCUT2D eigenvalue weighted by Gasteiger charge is 2.41. The van der Waals surface area contributed by atoms with E-state index in [4.69, 9.17) is 9.15 Å². The topological polar surface area (TPSA) is 56.5 Å².